The number of hydrogen-bond acceptors (Lipinski definition) is 3. The Hall–Kier alpha value is -1.55. The van der Waals surface area contributed by atoms with Gasteiger partial charge in [-0.1, -0.05) is 19.1 Å². The van der Waals surface area contributed by atoms with Gasteiger partial charge in [-0.25, -0.2) is 0 Å². The molecule has 1 saturated heterocycles. The number of hydrogen-bond donors (Lipinski definition) is 2. The van der Waals surface area contributed by atoms with E-state index in [9.17, 15) is 4.79 Å². The van der Waals surface area contributed by atoms with Crippen LogP contribution in [0, 0.1) is 0 Å². The van der Waals surface area contributed by atoms with Gasteiger partial charge in [0.25, 0.3) is 0 Å². The highest BCUT2D eigenvalue weighted by Gasteiger charge is 2.38. The molecule has 1 aliphatic heterocycles. The monoisotopic (exact) mass is 276 g/mol. The summed E-state index contributed by atoms with van der Waals surface area (Å²) < 4.78 is 5.54. The van der Waals surface area contributed by atoms with E-state index in [-0.39, 0.29) is 23.5 Å². The molecule has 110 valence electrons. The van der Waals surface area contributed by atoms with Crippen molar-refractivity contribution in [1.82, 2.24) is 5.32 Å². The van der Waals surface area contributed by atoms with Gasteiger partial charge in [-0.2, -0.15) is 0 Å². The highest BCUT2D eigenvalue weighted by Crippen LogP contribution is 2.26. The summed E-state index contributed by atoms with van der Waals surface area (Å²) >= 11 is 0. The molecule has 0 spiro atoms. The van der Waals surface area contributed by atoms with Gasteiger partial charge in [-0.05, 0) is 43.9 Å². The van der Waals surface area contributed by atoms with Crippen LogP contribution < -0.4 is 11.1 Å². The fraction of sp³-hybridized carbons (Fsp3) is 0.562. The zero-order valence-electron chi connectivity index (χ0n) is 12.5. The van der Waals surface area contributed by atoms with E-state index in [0.29, 0.717) is 13.0 Å². The molecule has 1 heterocycles. The summed E-state index contributed by atoms with van der Waals surface area (Å²) in [5, 5.41) is 3.13. The van der Waals surface area contributed by atoms with E-state index in [2.05, 4.69) is 19.2 Å². The topological polar surface area (TPSA) is 64.3 Å². The minimum Gasteiger partial charge on any atom is -0.399 e. The van der Waals surface area contributed by atoms with Crippen LogP contribution in [0.5, 0.6) is 0 Å². The van der Waals surface area contributed by atoms with Gasteiger partial charge < -0.3 is 15.8 Å². The molecule has 0 radical (unpaired) electrons. The Morgan fingerprint density at radius 2 is 2.15 bits per heavy atom. The van der Waals surface area contributed by atoms with Crippen molar-refractivity contribution in [1.29, 1.82) is 0 Å². The Kier molecular flexibility index (Phi) is 4.33. The summed E-state index contributed by atoms with van der Waals surface area (Å²) in [6.07, 6.45) is 1.42. The van der Waals surface area contributed by atoms with Crippen LogP contribution >= 0.6 is 0 Å². The standard InChI is InChI=1S/C16H24N2O2/c1-11(13-4-6-14(17)7-5-13)10-15(19)18-16(3)8-9-20-12(16)2/h4-7,11-12H,8-10,17H2,1-3H3,(H,18,19). The lowest BCUT2D eigenvalue weighted by Gasteiger charge is -2.29. The Bertz CT molecular complexity index is 472. The molecule has 1 aromatic rings. The molecule has 1 fully saturated rings. The molecule has 0 saturated carbocycles. The van der Waals surface area contributed by atoms with Crippen molar-refractivity contribution in [2.75, 3.05) is 12.3 Å². The Labute approximate surface area is 120 Å². The summed E-state index contributed by atoms with van der Waals surface area (Å²) in [4.78, 5) is 12.2. The second-order valence-electron chi connectivity index (χ2n) is 6.00. The molecule has 3 atom stereocenters. The minimum absolute atomic E-state index is 0.0679. The highest BCUT2D eigenvalue weighted by molar-refractivity contribution is 5.77. The number of nitrogens with two attached hydrogens (primary N) is 1. The van der Waals surface area contributed by atoms with Crippen molar-refractivity contribution in [3.8, 4) is 0 Å². The SMILES string of the molecule is CC(CC(=O)NC1(C)CCOC1C)c1ccc(N)cc1. The predicted octanol–water partition coefficient (Wildman–Crippen LogP) is 2.45. The molecule has 4 nitrogen and oxygen atoms in total. The number of ether oxygens (including phenoxy) is 1. The number of carbonyl (C=O) groups excluding carboxylic acids is 1. The minimum atomic E-state index is -0.238. The Morgan fingerprint density at radius 1 is 1.50 bits per heavy atom. The summed E-state index contributed by atoms with van der Waals surface area (Å²) in [6.45, 7) is 6.83. The zero-order chi connectivity index (χ0) is 14.8. The zero-order valence-corrected chi connectivity index (χ0v) is 12.5. The van der Waals surface area contributed by atoms with E-state index >= 15 is 0 Å². The fourth-order valence-corrected chi connectivity index (χ4v) is 2.59. The molecule has 20 heavy (non-hydrogen) atoms. The first-order valence-corrected chi connectivity index (χ1v) is 7.19. The number of nitrogens with one attached hydrogen (secondary N) is 1. The summed E-state index contributed by atoms with van der Waals surface area (Å²) in [7, 11) is 0. The number of amides is 1. The second-order valence-corrected chi connectivity index (χ2v) is 6.00. The molecular weight excluding hydrogens is 252 g/mol. The van der Waals surface area contributed by atoms with Gasteiger partial charge in [-0.15, -0.1) is 0 Å². The lowest BCUT2D eigenvalue weighted by atomic mass is 9.92. The van der Waals surface area contributed by atoms with E-state index in [4.69, 9.17) is 10.5 Å². The molecule has 0 bridgehead atoms. The van der Waals surface area contributed by atoms with Crippen molar-refractivity contribution in [2.45, 2.75) is 51.2 Å². The first kappa shape index (κ1) is 14.9. The third kappa shape index (κ3) is 3.31. The van der Waals surface area contributed by atoms with Crippen molar-refractivity contribution < 1.29 is 9.53 Å². The molecule has 3 unspecified atom stereocenters. The van der Waals surface area contributed by atoms with Crippen molar-refractivity contribution >= 4 is 11.6 Å². The molecule has 1 aromatic carbocycles. The van der Waals surface area contributed by atoms with E-state index in [0.717, 1.165) is 17.7 Å². The van der Waals surface area contributed by atoms with Gasteiger partial charge in [0.1, 0.15) is 0 Å². The molecular formula is C16H24N2O2. The molecule has 1 amide bonds. The number of benzene rings is 1. The lowest BCUT2D eigenvalue weighted by Crippen LogP contribution is -2.50. The predicted molar refractivity (Wildman–Crippen MR) is 80.5 cm³/mol. The average Bonchev–Trinajstić information content (AvgIpc) is 2.69. The molecule has 4 heteroatoms. The van der Waals surface area contributed by atoms with Crippen LogP contribution in [0.3, 0.4) is 0 Å². The average molecular weight is 276 g/mol. The lowest BCUT2D eigenvalue weighted by molar-refractivity contribution is -0.123. The number of rotatable bonds is 4. The maximum Gasteiger partial charge on any atom is 0.221 e. The van der Waals surface area contributed by atoms with Gasteiger partial charge in [0.2, 0.25) is 5.91 Å². The van der Waals surface area contributed by atoms with Crippen LogP contribution in [0.15, 0.2) is 24.3 Å². The first-order chi connectivity index (χ1) is 9.40. The van der Waals surface area contributed by atoms with Crippen LogP contribution in [0.4, 0.5) is 5.69 Å². The van der Waals surface area contributed by atoms with E-state index in [1.165, 1.54) is 0 Å². The number of nitrogen functional groups attached to an aromatic ring is 1. The van der Waals surface area contributed by atoms with Crippen molar-refractivity contribution in [3.63, 3.8) is 0 Å². The second kappa shape index (κ2) is 5.83. The molecule has 0 aromatic heterocycles. The van der Waals surface area contributed by atoms with Crippen LogP contribution in [-0.4, -0.2) is 24.2 Å². The highest BCUT2D eigenvalue weighted by atomic mass is 16.5. The summed E-state index contributed by atoms with van der Waals surface area (Å²) in [5.74, 6) is 0.256. The normalized spacial score (nSPS) is 27.2. The maximum absolute atomic E-state index is 12.2. The van der Waals surface area contributed by atoms with E-state index < -0.39 is 0 Å². The van der Waals surface area contributed by atoms with Gasteiger partial charge in [0.15, 0.2) is 0 Å². The smallest absolute Gasteiger partial charge is 0.221 e. The quantitative estimate of drug-likeness (QED) is 0.830. The van der Waals surface area contributed by atoms with Gasteiger partial charge in [0, 0.05) is 18.7 Å². The van der Waals surface area contributed by atoms with Crippen molar-refractivity contribution in [3.05, 3.63) is 29.8 Å². The van der Waals surface area contributed by atoms with Crippen LogP contribution in [-0.2, 0) is 9.53 Å². The Balaban J connectivity index is 1.92. The third-order valence-electron chi connectivity index (χ3n) is 4.31. The maximum atomic E-state index is 12.2. The molecule has 0 aliphatic carbocycles. The van der Waals surface area contributed by atoms with Gasteiger partial charge >= 0.3 is 0 Å². The number of anilines is 1. The molecule has 3 N–H and O–H groups in total. The fourth-order valence-electron chi connectivity index (χ4n) is 2.59. The molecule has 2 rings (SSSR count). The van der Waals surface area contributed by atoms with Gasteiger partial charge in [-0.3, -0.25) is 4.79 Å². The molecule has 1 aliphatic rings. The summed E-state index contributed by atoms with van der Waals surface area (Å²) in [5.41, 5.74) is 7.32. The van der Waals surface area contributed by atoms with Gasteiger partial charge in [0.05, 0.1) is 11.6 Å². The largest absolute Gasteiger partial charge is 0.399 e. The van der Waals surface area contributed by atoms with E-state index in [1.54, 1.807) is 0 Å². The Morgan fingerprint density at radius 3 is 2.70 bits per heavy atom. The summed E-state index contributed by atoms with van der Waals surface area (Å²) in [6, 6.07) is 7.71. The number of carbonyl (C=O) groups is 1. The van der Waals surface area contributed by atoms with Crippen LogP contribution in [0.2, 0.25) is 0 Å². The van der Waals surface area contributed by atoms with E-state index in [1.807, 2.05) is 31.2 Å². The third-order valence-corrected chi connectivity index (χ3v) is 4.31. The van der Waals surface area contributed by atoms with Crippen LogP contribution in [0.1, 0.15) is 45.1 Å². The van der Waals surface area contributed by atoms with Crippen LogP contribution in [0.25, 0.3) is 0 Å². The van der Waals surface area contributed by atoms with Crippen molar-refractivity contribution in [2.24, 2.45) is 0 Å². The first-order valence-electron chi connectivity index (χ1n) is 7.19.